The van der Waals surface area contributed by atoms with Crippen molar-refractivity contribution in [2.24, 2.45) is 11.8 Å². The number of para-hydroxylation sites is 1. The van der Waals surface area contributed by atoms with E-state index in [-0.39, 0.29) is 41.7 Å². The molecular formula is C39H48N6O5Si. The highest BCUT2D eigenvalue weighted by molar-refractivity contribution is 6.71. The lowest BCUT2D eigenvalue weighted by Crippen LogP contribution is -2.46. The number of aryl methyl sites for hydroxylation is 1. The van der Waals surface area contributed by atoms with Crippen molar-refractivity contribution in [2.45, 2.75) is 75.5 Å². The van der Waals surface area contributed by atoms with E-state index in [9.17, 15) is 19.5 Å². The van der Waals surface area contributed by atoms with Crippen LogP contribution in [-0.4, -0.2) is 70.8 Å². The second-order valence-electron chi connectivity index (χ2n) is 14.8. The highest BCUT2D eigenvalue weighted by Crippen LogP contribution is 2.59. The van der Waals surface area contributed by atoms with Gasteiger partial charge in [-0.15, -0.1) is 5.10 Å². The normalized spacial score (nSPS) is 25.3. The molecule has 1 aromatic heterocycles. The van der Waals surface area contributed by atoms with E-state index < -0.39 is 20.0 Å². The number of amides is 2. The number of aromatic nitrogens is 3. The average molecular weight is 709 g/mol. The molecule has 2 unspecified atom stereocenters. The van der Waals surface area contributed by atoms with Gasteiger partial charge in [0.25, 0.3) is 5.91 Å². The number of carbonyl (C=O) groups excluding carboxylic acids is 2. The van der Waals surface area contributed by atoms with Crippen LogP contribution in [0.1, 0.15) is 54.5 Å². The van der Waals surface area contributed by atoms with Crippen LogP contribution in [0.4, 0.5) is 11.4 Å². The number of fused-ring (bicyclic) bond motifs is 2. The Morgan fingerprint density at radius 3 is 2.65 bits per heavy atom. The van der Waals surface area contributed by atoms with Gasteiger partial charge in [0.2, 0.25) is 5.91 Å². The number of anilines is 2. The second-order valence-corrected chi connectivity index (χ2v) is 18.8. The molecule has 12 heteroatoms. The zero-order valence-corrected chi connectivity index (χ0v) is 30.5. The number of rotatable bonds is 11. The van der Waals surface area contributed by atoms with E-state index >= 15 is 0 Å². The molecule has 268 valence electrons. The van der Waals surface area contributed by atoms with Crippen LogP contribution in [0.25, 0.3) is 0 Å². The van der Waals surface area contributed by atoms with Crippen molar-refractivity contribution in [3.63, 3.8) is 0 Å². The number of ether oxygens (including phenoxy) is 1. The van der Waals surface area contributed by atoms with Gasteiger partial charge in [0.15, 0.2) is 13.9 Å². The minimum absolute atomic E-state index is 0.00784. The maximum Gasteiger partial charge on any atom is 0.264 e. The van der Waals surface area contributed by atoms with Gasteiger partial charge in [-0.05, 0) is 68.2 Å². The zero-order chi connectivity index (χ0) is 35.8. The summed E-state index contributed by atoms with van der Waals surface area (Å²) in [5.74, 6) is -0.762. The number of hydrogen-bond donors (Lipinski definition) is 4. The fourth-order valence-corrected chi connectivity index (χ4v) is 11.2. The molecule has 11 nitrogen and oxygen atoms in total. The van der Waals surface area contributed by atoms with Gasteiger partial charge in [0.05, 0.1) is 42.5 Å². The van der Waals surface area contributed by atoms with Crippen molar-refractivity contribution in [1.82, 2.24) is 20.3 Å². The maximum absolute atomic E-state index is 14.8. The lowest BCUT2D eigenvalue weighted by molar-refractivity contribution is -0.146. The molecule has 0 bridgehead atoms. The minimum atomic E-state index is -2.85. The predicted octanol–water partition coefficient (Wildman–Crippen LogP) is 4.78. The van der Waals surface area contributed by atoms with Crippen LogP contribution in [0.5, 0.6) is 0 Å². The number of nitrogens with zero attached hydrogens (tertiary/aromatic N) is 4. The van der Waals surface area contributed by atoms with Crippen LogP contribution in [-0.2, 0) is 33.0 Å². The molecule has 0 radical (unpaired) electrons. The summed E-state index contributed by atoms with van der Waals surface area (Å²) in [6.07, 6.45) is 3.84. The third kappa shape index (κ3) is 6.78. The van der Waals surface area contributed by atoms with Crippen LogP contribution in [0.3, 0.4) is 0 Å². The lowest BCUT2D eigenvalue weighted by atomic mass is 9.82. The lowest BCUT2D eigenvalue weighted by Gasteiger charge is -2.32. The standard InChI is InChI=1S/C39H48N6O5Si/c1-26-36(51(2,3)49)35(18-20-44-24-33(42-43-44)31(25-46)28-12-5-4-6-13-28)50-39(26)32-16-7-8-17-34(32)45(38(39)48)23-27-11-9-15-30(21-27)41-37(47)29-14-10-19-40-22-29/h4-9,11-13,15-17,21,24,26,29,31,35-36,40,46,49H,10,14,18-20,22-23,25H2,1-3H3,(H,41,47)/t26-,29?,31?,35+,36-,39+/m1/s1. The number of aliphatic hydroxyl groups excluding tert-OH is 1. The Kier molecular flexibility index (Phi) is 9.96. The van der Waals surface area contributed by atoms with E-state index in [2.05, 4.69) is 20.9 Å². The highest BCUT2D eigenvalue weighted by atomic mass is 28.4. The molecule has 0 saturated carbocycles. The number of piperidine rings is 1. The van der Waals surface area contributed by atoms with Crippen LogP contribution < -0.4 is 15.5 Å². The Morgan fingerprint density at radius 2 is 1.90 bits per heavy atom. The summed E-state index contributed by atoms with van der Waals surface area (Å²) in [6.45, 7) is 8.22. The first-order valence-corrected chi connectivity index (χ1v) is 21.1. The third-order valence-electron chi connectivity index (χ3n) is 11.0. The van der Waals surface area contributed by atoms with Gasteiger partial charge in [-0.25, -0.2) is 0 Å². The van der Waals surface area contributed by atoms with Gasteiger partial charge >= 0.3 is 0 Å². The molecule has 3 aliphatic heterocycles. The van der Waals surface area contributed by atoms with E-state index in [1.54, 1.807) is 9.58 Å². The summed E-state index contributed by atoms with van der Waals surface area (Å²) in [7, 11) is -2.85. The topological polar surface area (TPSA) is 142 Å². The predicted molar refractivity (Wildman–Crippen MR) is 197 cm³/mol. The molecule has 6 atom stereocenters. The molecule has 7 rings (SSSR count). The molecule has 4 heterocycles. The van der Waals surface area contributed by atoms with Crippen molar-refractivity contribution in [1.29, 1.82) is 0 Å². The molecule has 2 fully saturated rings. The molecule has 4 aromatic rings. The Hall–Kier alpha value is -4.20. The van der Waals surface area contributed by atoms with Crippen molar-refractivity contribution in [3.05, 3.63) is 107 Å². The van der Waals surface area contributed by atoms with Gasteiger partial charge in [0.1, 0.15) is 0 Å². The molecule has 2 saturated heterocycles. The number of benzene rings is 3. The Balaban J connectivity index is 1.12. The maximum atomic E-state index is 14.8. The van der Waals surface area contributed by atoms with E-state index in [1.807, 2.05) is 105 Å². The summed E-state index contributed by atoms with van der Waals surface area (Å²) in [5, 5.41) is 25.3. The van der Waals surface area contributed by atoms with E-state index in [0.717, 1.165) is 41.8 Å². The smallest absolute Gasteiger partial charge is 0.264 e. The monoisotopic (exact) mass is 708 g/mol. The summed E-state index contributed by atoms with van der Waals surface area (Å²) < 4.78 is 8.76. The second kappa shape index (κ2) is 14.4. The van der Waals surface area contributed by atoms with E-state index in [1.165, 1.54) is 0 Å². The quantitative estimate of drug-likeness (QED) is 0.163. The first kappa shape index (κ1) is 35.2. The van der Waals surface area contributed by atoms with Crippen molar-refractivity contribution in [2.75, 3.05) is 29.9 Å². The largest absolute Gasteiger partial charge is 0.432 e. The SMILES string of the molecule is C[C@@H]1[C@@H]([Si](C)(C)O)[C@H](CCn2cc(C(CO)c3ccccc3)nn2)O[C@@]12C(=O)N(Cc1cccc(NC(=O)C3CCCNC3)c1)c1ccccc12. The summed E-state index contributed by atoms with van der Waals surface area (Å²) in [4.78, 5) is 41.3. The Bertz CT molecular complexity index is 1860. The molecule has 0 aliphatic carbocycles. The van der Waals surface area contributed by atoms with Crippen LogP contribution >= 0.6 is 0 Å². The Morgan fingerprint density at radius 1 is 1.12 bits per heavy atom. The van der Waals surface area contributed by atoms with Crippen molar-refractivity contribution < 1.29 is 24.2 Å². The molecule has 3 aliphatic rings. The number of hydrogen-bond acceptors (Lipinski definition) is 8. The number of aliphatic hydroxyl groups is 1. The summed E-state index contributed by atoms with van der Waals surface area (Å²) >= 11 is 0. The molecule has 2 amide bonds. The van der Waals surface area contributed by atoms with Crippen molar-refractivity contribution in [3.8, 4) is 0 Å². The number of carbonyl (C=O) groups is 2. The van der Waals surface area contributed by atoms with Gasteiger partial charge < -0.3 is 30.2 Å². The molecule has 51 heavy (non-hydrogen) atoms. The van der Waals surface area contributed by atoms with Gasteiger partial charge in [-0.2, -0.15) is 0 Å². The summed E-state index contributed by atoms with van der Waals surface area (Å²) in [5.41, 5.74) is 3.39. The molecule has 1 spiro atoms. The number of nitrogens with one attached hydrogen (secondary N) is 2. The first-order chi connectivity index (χ1) is 24.6. The molecular weight excluding hydrogens is 661 g/mol. The van der Waals surface area contributed by atoms with Crippen molar-refractivity contribution >= 4 is 31.5 Å². The fraction of sp³-hybridized carbons (Fsp3) is 0.436. The highest BCUT2D eigenvalue weighted by Gasteiger charge is 2.66. The molecule has 4 N–H and O–H groups in total. The van der Waals surface area contributed by atoms with E-state index in [0.29, 0.717) is 37.4 Å². The average Bonchev–Trinajstić information content (AvgIpc) is 3.79. The fourth-order valence-electron chi connectivity index (χ4n) is 8.61. The third-order valence-corrected chi connectivity index (χ3v) is 13.5. The van der Waals surface area contributed by atoms with Gasteiger partial charge in [-0.3, -0.25) is 14.3 Å². The van der Waals surface area contributed by atoms with Gasteiger partial charge in [-0.1, -0.05) is 72.8 Å². The van der Waals surface area contributed by atoms with Crippen LogP contribution in [0.2, 0.25) is 18.6 Å². The summed E-state index contributed by atoms with van der Waals surface area (Å²) in [6, 6.07) is 25.3. The van der Waals surface area contributed by atoms with Crippen LogP contribution in [0.15, 0.2) is 85.1 Å². The minimum Gasteiger partial charge on any atom is -0.432 e. The van der Waals surface area contributed by atoms with E-state index in [4.69, 9.17) is 4.74 Å². The molecule has 3 aromatic carbocycles. The Labute approximate surface area is 300 Å². The zero-order valence-electron chi connectivity index (χ0n) is 29.5. The first-order valence-electron chi connectivity index (χ1n) is 18.1. The van der Waals surface area contributed by atoms with Gasteiger partial charge in [0, 0.05) is 42.0 Å². The van der Waals surface area contributed by atoms with Crippen LogP contribution in [0, 0.1) is 11.8 Å².